The van der Waals surface area contributed by atoms with Crippen molar-refractivity contribution < 1.29 is 14.1 Å². The largest absolute Gasteiger partial charge is 0.467 e. The number of fused-ring (bicyclic) bond motifs is 1. The van der Waals surface area contributed by atoms with Crippen molar-refractivity contribution in [3.05, 3.63) is 70.2 Å². The van der Waals surface area contributed by atoms with Gasteiger partial charge in [-0.05, 0) is 12.1 Å². The van der Waals surface area contributed by atoms with E-state index in [1.165, 1.54) is 6.26 Å². The van der Waals surface area contributed by atoms with Crippen LogP contribution in [0.25, 0.3) is 0 Å². The van der Waals surface area contributed by atoms with Crippen LogP contribution in [0.4, 0.5) is 0 Å². The molecule has 7 nitrogen and oxygen atoms in total. The van der Waals surface area contributed by atoms with Crippen LogP contribution in [0.15, 0.2) is 58.1 Å². The first-order valence-electron chi connectivity index (χ1n) is 8.24. The van der Waals surface area contributed by atoms with Gasteiger partial charge in [0.15, 0.2) is 11.8 Å². The zero-order valence-corrected chi connectivity index (χ0v) is 13.4. The average molecular weight is 339 g/mol. The summed E-state index contributed by atoms with van der Waals surface area (Å²) < 4.78 is 5.46. The zero-order valence-electron chi connectivity index (χ0n) is 13.4. The molecule has 1 fully saturated rings. The molecular formula is C18H17N3O4. The first-order chi connectivity index (χ1) is 12.2. The predicted octanol–water partition coefficient (Wildman–Crippen LogP) is 2.58. The van der Waals surface area contributed by atoms with Gasteiger partial charge < -0.3 is 9.32 Å². The van der Waals surface area contributed by atoms with Gasteiger partial charge in [-0.25, -0.2) is 0 Å². The fourth-order valence-electron chi connectivity index (χ4n) is 3.79. The summed E-state index contributed by atoms with van der Waals surface area (Å²) in [4.78, 5) is 30.8. The van der Waals surface area contributed by atoms with Gasteiger partial charge in [0.1, 0.15) is 11.6 Å². The summed E-state index contributed by atoms with van der Waals surface area (Å²) >= 11 is 0. The first kappa shape index (κ1) is 15.6. The fourth-order valence-corrected chi connectivity index (χ4v) is 3.79. The molecule has 4 rings (SSSR count). The summed E-state index contributed by atoms with van der Waals surface area (Å²) in [6.07, 6.45) is 1.64. The molecule has 3 atom stereocenters. The normalized spacial score (nSPS) is 25.4. The summed E-state index contributed by atoms with van der Waals surface area (Å²) in [5.74, 6) is 0.484. The van der Waals surface area contributed by atoms with E-state index in [1.54, 1.807) is 36.4 Å². The van der Waals surface area contributed by atoms with Crippen molar-refractivity contribution >= 4 is 11.6 Å². The number of nitro groups is 1. The molecule has 1 aromatic carbocycles. The maximum Gasteiger partial charge on any atom is 0.241 e. The van der Waals surface area contributed by atoms with Gasteiger partial charge in [0, 0.05) is 23.5 Å². The quantitative estimate of drug-likeness (QED) is 0.485. The Hall–Kier alpha value is -2.96. The van der Waals surface area contributed by atoms with Crippen LogP contribution in [0.5, 0.6) is 0 Å². The number of aliphatic imine (C=N–C) groups is 1. The molecule has 0 aliphatic carbocycles. The Bertz CT molecular complexity index is 814. The molecule has 3 heterocycles. The summed E-state index contributed by atoms with van der Waals surface area (Å²) in [6.45, 7) is 1.10. The predicted molar refractivity (Wildman–Crippen MR) is 90.1 cm³/mol. The third-order valence-electron chi connectivity index (χ3n) is 4.88. The van der Waals surface area contributed by atoms with Gasteiger partial charge in [0.25, 0.3) is 0 Å². The number of ketones is 1. The number of carbonyl (C=O) groups is 1. The number of amidine groups is 1. The molecule has 3 unspecified atom stereocenters. The molecule has 25 heavy (non-hydrogen) atoms. The standard InChI is InChI=1S/C18H17N3O4/c22-17(12-5-2-1-3-6-12)13-11-14(21(23)24)16(15-7-4-10-25-15)20-9-8-19-18(13)20/h1-7,10,13-14,16H,8-9,11H2. The zero-order chi connectivity index (χ0) is 17.4. The second-order valence-corrected chi connectivity index (χ2v) is 6.26. The highest BCUT2D eigenvalue weighted by Crippen LogP contribution is 2.39. The molecule has 0 saturated carbocycles. The Morgan fingerprint density at radius 1 is 1.24 bits per heavy atom. The van der Waals surface area contributed by atoms with E-state index in [-0.39, 0.29) is 17.1 Å². The Morgan fingerprint density at radius 3 is 2.72 bits per heavy atom. The highest BCUT2D eigenvalue weighted by molar-refractivity contribution is 6.12. The SMILES string of the molecule is O=C(c1ccccc1)C1CC([N+](=O)[O-])C(c2ccco2)N2CCN=C12. The van der Waals surface area contributed by atoms with Gasteiger partial charge in [-0.15, -0.1) is 0 Å². The second-order valence-electron chi connectivity index (χ2n) is 6.26. The summed E-state index contributed by atoms with van der Waals surface area (Å²) in [6, 6.07) is 10.9. The van der Waals surface area contributed by atoms with Crippen LogP contribution >= 0.6 is 0 Å². The molecule has 0 spiro atoms. The van der Waals surface area contributed by atoms with Crippen molar-refractivity contribution in [2.45, 2.75) is 18.5 Å². The van der Waals surface area contributed by atoms with Crippen molar-refractivity contribution in [1.29, 1.82) is 0 Å². The highest BCUT2D eigenvalue weighted by Gasteiger charge is 2.51. The summed E-state index contributed by atoms with van der Waals surface area (Å²) in [5.41, 5.74) is 0.556. The Labute approximate surface area is 144 Å². The van der Waals surface area contributed by atoms with E-state index < -0.39 is 18.0 Å². The topological polar surface area (TPSA) is 88.9 Å². The lowest BCUT2D eigenvalue weighted by atomic mass is 9.82. The van der Waals surface area contributed by atoms with Crippen molar-refractivity contribution in [1.82, 2.24) is 4.90 Å². The van der Waals surface area contributed by atoms with Crippen molar-refractivity contribution in [3.63, 3.8) is 0 Å². The van der Waals surface area contributed by atoms with Crippen molar-refractivity contribution in [2.75, 3.05) is 13.1 Å². The Morgan fingerprint density at radius 2 is 2.04 bits per heavy atom. The van der Waals surface area contributed by atoms with Crippen LogP contribution in [-0.2, 0) is 0 Å². The molecule has 2 aliphatic rings. The first-order valence-corrected chi connectivity index (χ1v) is 8.24. The van der Waals surface area contributed by atoms with E-state index >= 15 is 0 Å². The number of Topliss-reactive ketones (excluding diaryl/α,β-unsaturated/α-hetero) is 1. The minimum atomic E-state index is -0.916. The maximum atomic E-state index is 13.0. The number of nitrogens with zero attached hydrogens (tertiary/aromatic N) is 3. The second kappa shape index (κ2) is 6.16. The van der Waals surface area contributed by atoms with Crippen LogP contribution in [-0.4, -0.2) is 40.6 Å². The third-order valence-corrected chi connectivity index (χ3v) is 4.88. The number of rotatable bonds is 4. The van der Waals surface area contributed by atoms with Crippen LogP contribution in [0.1, 0.15) is 28.6 Å². The van der Waals surface area contributed by atoms with Crippen molar-refractivity contribution in [2.24, 2.45) is 10.9 Å². The van der Waals surface area contributed by atoms with E-state index in [9.17, 15) is 14.9 Å². The smallest absolute Gasteiger partial charge is 0.241 e. The monoisotopic (exact) mass is 339 g/mol. The maximum absolute atomic E-state index is 13.0. The molecular weight excluding hydrogens is 322 g/mol. The van der Waals surface area contributed by atoms with Gasteiger partial charge in [-0.2, -0.15) is 0 Å². The van der Waals surface area contributed by atoms with Crippen molar-refractivity contribution in [3.8, 4) is 0 Å². The summed E-state index contributed by atoms with van der Waals surface area (Å²) in [7, 11) is 0. The van der Waals surface area contributed by atoms with Crippen LogP contribution in [0, 0.1) is 16.0 Å². The Balaban J connectivity index is 1.72. The number of hydrogen-bond donors (Lipinski definition) is 0. The third kappa shape index (κ3) is 2.61. The minimum Gasteiger partial charge on any atom is -0.467 e. The van der Waals surface area contributed by atoms with Gasteiger partial charge >= 0.3 is 0 Å². The molecule has 7 heteroatoms. The van der Waals surface area contributed by atoms with E-state index in [1.807, 2.05) is 11.0 Å². The highest BCUT2D eigenvalue weighted by atomic mass is 16.6. The fraction of sp³-hybridized carbons (Fsp3) is 0.333. The molecule has 0 N–H and O–H groups in total. The van der Waals surface area contributed by atoms with E-state index in [4.69, 9.17) is 4.42 Å². The lowest BCUT2D eigenvalue weighted by molar-refractivity contribution is -0.534. The van der Waals surface area contributed by atoms with Gasteiger partial charge in [0.2, 0.25) is 6.04 Å². The molecule has 0 bridgehead atoms. The van der Waals surface area contributed by atoms with E-state index in [0.717, 1.165) is 0 Å². The van der Waals surface area contributed by atoms with E-state index in [0.29, 0.717) is 30.2 Å². The van der Waals surface area contributed by atoms with Gasteiger partial charge in [-0.3, -0.25) is 19.9 Å². The molecule has 0 radical (unpaired) electrons. The lowest BCUT2D eigenvalue weighted by Crippen LogP contribution is -2.52. The van der Waals surface area contributed by atoms with Crippen LogP contribution < -0.4 is 0 Å². The lowest BCUT2D eigenvalue weighted by Gasteiger charge is -2.38. The molecule has 128 valence electrons. The van der Waals surface area contributed by atoms with E-state index in [2.05, 4.69) is 4.99 Å². The number of hydrogen-bond acceptors (Lipinski definition) is 6. The summed E-state index contributed by atoms with van der Waals surface area (Å²) in [5, 5.41) is 11.7. The van der Waals surface area contributed by atoms with Crippen LogP contribution in [0.3, 0.4) is 0 Å². The van der Waals surface area contributed by atoms with Gasteiger partial charge in [0.05, 0.1) is 18.7 Å². The molecule has 1 aromatic heterocycles. The molecule has 0 amide bonds. The van der Waals surface area contributed by atoms with Crippen LogP contribution in [0.2, 0.25) is 0 Å². The average Bonchev–Trinajstić information content (AvgIpc) is 3.32. The number of furan rings is 1. The minimum absolute atomic E-state index is 0.115. The Kier molecular flexibility index (Phi) is 3.83. The number of benzene rings is 1. The molecule has 2 aromatic rings. The van der Waals surface area contributed by atoms with Gasteiger partial charge in [-0.1, -0.05) is 30.3 Å². The number of piperidine rings is 1. The molecule has 2 aliphatic heterocycles. The molecule has 1 saturated heterocycles. The number of carbonyl (C=O) groups excluding carboxylic acids is 1.